The number of halogens is 4. The predicted molar refractivity (Wildman–Crippen MR) is 107 cm³/mol. The van der Waals surface area contributed by atoms with Gasteiger partial charge in [0, 0.05) is 28.5 Å². The Morgan fingerprint density at radius 1 is 1.07 bits per heavy atom. The number of anilines is 2. The van der Waals surface area contributed by atoms with E-state index in [9.17, 15) is 27.9 Å². The van der Waals surface area contributed by atoms with Gasteiger partial charge in [-0.05, 0) is 50.2 Å². The molecule has 2 amide bonds. The third-order valence-corrected chi connectivity index (χ3v) is 4.49. The largest absolute Gasteiger partial charge is 0.463 e. The number of carbonyl (C=O) groups is 2. The van der Waals surface area contributed by atoms with Gasteiger partial charge in [-0.15, -0.1) is 0 Å². The van der Waals surface area contributed by atoms with E-state index in [4.69, 9.17) is 11.6 Å². The molecule has 0 fully saturated rings. The van der Waals surface area contributed by atoms with Crippen LogP contribution in [0.15, 0.2) is 48.5 Å². The van der Waals surface area contributed by atoms with Crippen LogP contribution in [0.1, 0.15) is 19.4 Å². The Kier molecular flexibility index (Phi) is 7.33. The number of amides is 2. The van der Waals surface area contributed by atoms with Crippen LogP contribution in [0.5, 0.6) is 0 Å². The molecule has 2 aromatic rings. The first kappa shape index (κ1) is 23.5. The SMILES string of the molecule is CCOC(=O)C(O)(c1ccc(N(CC)C(=O)Nc2ccc(Cl)cc2)cc1)C(F)(F)F. The molecule has 0 spiro atoms. The van der Waals surface area contributed by atoms with Crippen LogP contribution < -0.4 is 10.2 Å². The Bertz CT molecular complexity index is 888. The predicted octanol–water partition coefficient (Wildman–Crippen LogP) is 4.71. The highest BCUT2D eigenvalue weighted by Crippen LogP contribution is 2.40. The summed E-state index contributed by atoms with van der Waals surface area (Å²) >= 11 is 5.80. The van der Waals surface area contributed by atoms with Crippen LogP contribution in [-0.2, 0) is 15.1 Å². The summed E-state index contributed by atoms with van der Waals surface area (Å²) in [5.74, 6) is -1.82. The number of rotatable bonds is 6. The molecule has 1 atom stereocenters. The molecular formula is C20H20ClF3N2O4. The van der Waals surface area contributed by atoms with Gasteiger partial charge < -0.3 is 15.2 Å². The zero-order valence-electron chi connectivity index (χ0n) is 16.2. The zero-order valence-corrected chi connectivity index (χ0v) is 16.9. The third kappa shape index (κ3) is 4.85. The number of urea groups is 1. The highest BCUT2D eigenvalue weighted by Gasteiger charge is 2.62. The van der Waals surface area contributed by atoms with Gasteiger partial charge in [-0.3, -0.25) is 4.90 Å². The average Bonchev–Trinajstić information content (AvgIpc) is 2.69. The van der Waals surface area contributed by atoms with Crippen LogP contribution in [0.3, 0.4) is 0 Å². The maximum atomic E-state index is 13.5. The van der Waals surface area contributed by atoms with Gasteiger partial charge in [-0.25, -0.2) is 9.59 Å². The van der Waals surface area contributed by atoms with Crippen LogP contribution in [0.2, 0.25) is 5.02 Å². The molecule has 6 nitrogen and oxygen atoms in total. The molecule has 1 unspecified atom stereocenters. The molecule has 162 valence electrons. The van der Waals surface area contributed by atoms with Crippen LogP contribution in [-0.4, -0.2) is 36.4 Å². The summed E-state index contributed by atoms with van der Waals surface area (Å²) < 4.78 is 44.8. The number of esters is 1. The molecule has 0 aromatic heterocycles. The molecule has 10 heteroatoms. The van der Waals surface area contributed by atoms with Crippen molar-refractivity contribution in [2.75, 3.05) is 23.4 Å². The third-order valence-electron chi connectivity index (χ3n) is 4.23. The average molecular weight is 445 g/mol. The number of nitrogens with one attached hydrogen (secondary N) is 1. The maximum Gasteiger partial charge on any atom is 0.432 e. The summed E-state index contributed by atoms with van der Waals surface area (Å²) in [5, 5.41) is 13.3. The highest BCUT2D eigenvalue weighted by atomic mass is 35.5. The molecule has 0 saturated heterocycles. The fraction of sp³-hybridized carbons (Fsp3) is 0.300. The fourth-order valence-electron chi connectivity index (χ4n) is 2.68. The normalized spacial score (nSPS) is 13.3. The van der Waals surface area contributed by atoms with Crippen molar-refractivity contribution < 1.29 is 32.6 Å². The molecule has 0 saturated carbocycles. The Hall–Kier alpha value is -2.78. The number of benzene rings is 2. The van der Waals surface area contributed by atoms with E-state index in [0.29, 0.717) is 10.7 Å². The van der Waals surface area contributed by atoms with Crippen molar-refractivity contribution in [2.24, 2.45) is 0 Å². The van der Waals surface area contributed by atoms with E-state index in [0.717, 1.165) is 12.1 Å². The monoisotopic (exact) mass is 444 g/mol. The second kappa shape index (κ2) is 9.36. The minimum atomic E-state index is -5.29. The first-order valence-electron chi connectivity index (χ1n) is 8.95. The van der Waals surface area contributed by atoms with E-state index in [1.54, 1.807) is 31.2 Å². The molecule has 2 rings (SSSR count). The van der Waals surface area contributed by atoms with Crippen molar-refractivity contribution >= 4 is 35.0 Å². The summed E-state index contributed by atoms with van der Waals surface area (Å²) in [6.07, 6.45) is -5.29. The van der Waals surface area contributed by atoms with Crippen molar-refractivity contribution in [3.8, 4) is 0 Å². The van der Waals surface area contributed by atoms with E-state index < -0.39 is 29.3 Å². The van der Waals surface area contributed by atoms with Gasteiger partial charge in [0.15, 0.2) is 0 Å². The molecule has 0 heterocycles. The number of hydrogen-bond acceptors (Lipinski definition) is 4. The number of ether oxygens (including phenoxy) is 1. The van der Waals surface area contributed by atoms with E-state index in [1.807, 2.05) is 0 Å². The second-order valence-corrected chi connectivity index (χ2v) is 6.59. The Balaban J connectivity index is 2.29. The van der Waals surface area contributed by atoms with Gasteiger partial charge in [0.05, 0.1) is 6.61 Å². The number of aliphatic hydroxyl groups is 1. The minimum Gasteiger partial charge on any atom is -0.463 e. The lowest BCUT2D eigenvalue weighted by molar-refractivity contribution is -0.267. The van der Waals surface area contributed by atoms with Crippen molar-refractivity contribution in [3.05, 3.63) is 59.1 Å². The van der Waals surface area contributed by atoms with Crippen molar-refractivity contribution in [1.82, 2.24) is 0 Å². The molecule has 0 aliphatic carbocycles. The highest BCUT2D eigenvalue weighted by molar-refractivity contribution is 6.30. The van der Waals surface area contributed by atoms with E-state index in [-0.39, 0.29) is 18.8 Å². The Morgan fingerprint density at radius 3 is 2.10 bits per heavy atom. The summed E-state index contributed by atoms with van der Waals surface area (Å²) in [5.41, 5.74) is -3.79. The van der Waals surface area contributed by atoms with Crippen molar-refractivity contribution in [1.29, 1.82) is 0 Å². The fourth-order valence-corrected chi connectivity index (χ4v) is 2.81. The first-order valence-corrected chi connectivity index (χ1v) is 9.33. The van der Waals surface area contributed by atoms with E-state index >= 15 is 0 Å². The van der Waals surface area contributed by atoms with E-state index in [1.165, 1.54) is 24.0 Å². The van der Waals surface area contributed by atoms with Crippen LogP contribution >= 0.6 is 11.6 Å². The van der Waals surface area contributed by atoms with Crippen LogP contribution in [0.4, 0.5) is 29.3 Å². The molecule has 0 aliphatic rings. The lowest BCUT2D eigenvalue weighted by Crippen LogP contribution is -2.50. The van der Waals surface area contributed by atoms with Gasteiger partial charge in [0.2, 0.25) is 0 Å². The van der Waals surface area contributed by atoms with Crippen molar-refractivity contribution in [2.45, 2.75) is 25.6 Å². The molecule has 0 bridgehead atoms. The molecule has 0 aliphatic heterocycles. The molecular weight excluding hydrogens is 425 g/mol. The smallest absolute Gasteiger partial charge is 0.432 e. The van der Waals surface area contributed by atoms with Gasteiger partial charge in [-0.1, -0.05) is 23.7 Å². The topological polar surface area (TPSA) is 78.9 Å². The standard InChI is InChI=1S/C20H20ClF3N2O4/c1-3-26(18(28)25-15-9-7-14(21)8-10-15)16-11-5-13(6-12-16)19(29,20(22,23)24)17(27)30-4-2/h5-12,29H,3-4H2,1-2H3,(H,25,28). The quantitative estimate of drug-likeness (QED) is 0.632. The summed E-state index contributed by atoms with van der Waals surface area (Å²) in [4.78, 5) is 25.7. The maximum absolute atomic E-state index is 13.5. The lowest BCUT2D eigenvalue weighted by atomic mass is 9.93. The van der Waals surface area contributed by atoms with Gasteiger partial charge >= 0.3 is 18.2 Å². The summed E-state index contributed by atoms with van der Waals surface area (Å²) in [7, 11) is 0. The number of nitrogens with zero attached hydrogens (tertiary/aromatic N) is 1. The molecule has 2 aromatic carbocycles. The number of alkyl halides is 3. The number of carbonyl (C=O) groups excluding carboxylic acids is 2. The van der Waals surface area contributed by atoms with Crippen molar-refractivity contribution in [3.63, 3.8) is 0 Å². The minimum absolute atomic E-state index is 0.209. The van der Waals surface area contributed by atoms with E-state index in [2.05, 4.69) is 10.1 Å². The summed E-state index contributed by atoms with van der Waals surface area (Å²) in [6.45, 7) is 2.89. The lowest BCUT2D eigenvalue weighted by Gasteiger charge is -2.29. The summed E-state index contributed by atoms with van der Waals surface area (Å²) in [6, 6.07) is 10.1. The Morgan fingerprint density at radius 2 is 1.63 bits per heavy atom. The molecule has 2 N–H and O–H groups in total. The van der Waals surface area contributed by atoms with Gasteiger partial charge in [0.1, 0.15) is 0 Å². The molecule has 30 heavy (non-hydrogen) atoms. The second-order valence-electron chi connectivity index (χ2n) is 6.16. The first-order chi connectivity index (χ1) is 14.0. The van der Waals surface area contributed by atoms with Crippen LogP contribution in [0.25, 0.3) is 0 Å². The zero-order chi connectivity index (χ0) is 22.5. The van der Waals surface area contributed by atoms with Crippen LogP contribution in [0, 0.1) is 0 Å². The number of hydrogen-bond donors (Lipinski definition) is 2. The Labute approximate surface area is 176 Å². The molecule has 0 radical (unpaired) electrons. The van der Waals surface area contributed by atoms with Gasteiger partial charge in [-0.2, -0.15) is 13.2 Å². The van der Waals surface area contributed by atoms with Gasteiger partial charge in [0.25, 0.3) is 5.60 Å².